The lowest BCUT2D eigenvalue weighted by atomic mass is 10.2. The maximum absolute atomic E-state index is 12.2. The van der Waals surface area contributed by atoms with Crippen LogP contribution in [0.3, 0.4) is 0 Å². The van der Waals surface area contributed by atoms with Crippen LogP contribution < -0.4 is 5.32 Å². The normalized spacial score (nSPS) is 11.4. The van der Waals surface area contributed by atoms with Crippen LogP contribution in [-0.4, -0.2) is 12.4 Å². The second-order valence-electron chi connectivity index (χ2n) is 2.69. The van der Waals surface area contributed by atoms with E-state index < -0.39 is 11.7 Å². The standard InChI is InChI=1S/C9H9ClF3N/c10-4-5-14-8-3-1-2-7(6-8)9(11,12)13/h1-3,6,14H,4-5H2. The molecule has 0 atom stereocenters. The van der Waals surface area contributed by atoms with Crippen molar-refractivity contribution in [1.29, 1.82) is 0 Å². The van der Waals surface area contributed by atoms with E-state index in [1.165, 1.54) is 6.07 Å². The molecule has 0 bridgehead atoms. The number of anilines is 1. The highest BCUT2D eigenvalue weighted by atomic mass is 35.5. The molecular weight excluding hydrogens is 215 g/mol. The van der Waals surface area contributed by atoms with E-state index in [1.807, 2.05) is 0 Å². The van der Waals surface area contributed by atoms with Crippen LogP contribution in [-0.2, 0) is 6.18 Å². The van der Waals surface area contributed by atoms with E-state index in [-0.39, 0.29) is 0 Å². The smallest absolute Gasteiger partial charge is 0.384 e. The summed E-state index contributed by atoms with van der Waals surface area (Å²) in [6.45, 7) is 0.447. The first-order valence-electron chi connectivity index (χ1n) is 4.01. The van der Waals surface area contributed by atoms with E-state index in [0.29, 0.717) is 18.1 Å². The average Bonchev–Trinajstić information content (AvgIpc) is 2.14. The molecular formula is C9H9ClF3N. The lowest BCUT2D eigenvalue weighted by Crippen LogP contribution is -2.07. The summed E-state index contributed by atoms with van der Waals surface area (Å²) >= 11 is 5.40. The minimum Gasteiger partial charge on any atom is -0.384 e. The van der Waals surface area contributed by atoms with Gasteiger partial charge in [0.15, 0.2) is 0 Å². The van der Waals surface area contributed by atoms with E-state index >= 15 is 0 Å². The average molecular weight is 224 g/mol. The van der Waals surface area contributed by atoms with Crippen molar-refractivity contribution >= 4 is 17.3 Å². The van der Waals surface area contributed by atoms with Crippen molar-refractivity contribution in [3.05, 3.63) is 29.8 Å². The molecule has 0 spiro atoms. The largest absolute Gasteiger partial charge is 0.416 e. The Balaban J connectivity index is 2.79. The zero-order valence-electron chi connectivity index (χ0n) is 7.24. The molecule has 0 aromatic heterocycles. The number of nitrogens with one attached hydrogen (secondary N) is 1. The molecule has 78 valence electrons. The van der Waals surface area contributed by atoms with Gasteiger partial charge in [0.2, 0.25) is 0 Å². The molecule has 1 rings (SSSR count). The van der Waals surface area contributed by atoms with Crippen molar-refractivity contribution in [3.8, 4) is 0 Å². The topological polar surface area (TPSA) is 12.0 Å². The first kappa shape index (κ1) is 11.2. The van der Waals surface area contributed by atoms with Crippen molar-refractivity contribution in [1.82, 2.24) is 0 Å². The molecule has 0 unspecified atom stereocenters. The maximum Gasteiger partial charge on any atom is 0.416 e. The molecule has 0 aliphatic rings. The minimum atomic E-state index is -4.29. The minimum absolute atomic E-state index is 0.357. The molecule has 1 aromatic carbocycles. The number of benzene rings is 1. The second kappa shape index (κ2) is 4.55. The number of halogens is 4. The highest BCUT2D eigenvalue weighted by molar-refractivity contribution is 6.18. The Morgan fingerprint density at radius 3 is 2.57 bits per heavy atom. The van der Waals surface area contributed by atoms with Gasteiger partial charge in [-0.05, 0) is 18.2 Å². The van der Waals surface area contributed by atoms with Crippen LogP contribution in [0.4, 0.5) is 18.9 Å². The summed E-state index contributed by atoms with van der Waals surface area (Å²) in [4.78, 5) is 0. The molecule has 0 saturated carbocycles. The molecule has 1 aromatic rings. The summed E-state index contributed by atoms with van der Waals surface area (Å²) in [5, 5.41) is 2.77. The van der Waals surface area contributed by atoms with Crippen molar-refractivity contribution in [3.63, 3.8) is 0 Å². The predicted octanol–water partition coefficient (Wildman–Crippen LogP) is 3.36. The Kier molecular flexibility index (Phi) is 3.63. The van der Waals surface area contributed by atoms with Gasteiger partial charge in [-0.2, -0.15) is 13.2 Å². The molecule has 1 N–H and O–H groups in total. The Bertz CT molecular complexity index is 298. The zero-order chi connectivity index (χ0) is 10.6. The summed E-state index contributed by atoms with van der Waals surface area (Å²) in [6, 6.07) is 5.03. The molecule has 14 heavy (non-hydrogen) atoms. The summed E-state index contributed by atoms with van der Waals surface area (Å²) < 4.78 is 36.7. The van der Waals surface area contributed by atoms with Crippen LogP contribution in [0.2, 0.25) is 0 Å². The summed E-state index contributed by atoms with van der Waals surface area (Å²) in [5.41, 5.74) is -0.224. The fourth-order valence-corrected chi connectivity index (χ4v) is 1.09. The fraction of sp³-hybridized carbons (Fsp3) is 0.333. The molecule has 0 aliphatic heterocycles. The number of hydrogen-bond acceptors (Lipinski definition) is 1. The van der Waals surface area contributed by atoms with Crippen LogP contribution in [0.25, 0.3) is 0 Å². The molecule has 0 heterocycles. The highest BCUT2D eigenvalue weighted by Gasteiger charge is 2.30. The molecule has 1 nitrogen and oxygen atoms in total. The maximum atomic E-state index is 12.2. The van der Waals surface area contributed by atoms with Crippen LogP contribution in [0.1, 0.15) is 5.56 Å². The van der Waals surface area contributed by atoms with Gasteiger partial charge in [-0.25, -0.2) is 0 Å². The van der Waals surface area contributed by atoms with Gasteiger partial charge in [0.1, 0.15) is 0 Å². The van der Waals surface area contributed by atoms with Gasteiger partial charge in [-0.15, -0.1) is 11.6 Å². The van der Waals surface area contributed by atoms with E-state index in [9.17, 15) is 13.2 Å². The van der Waals surface area contributed by atoms with Gasteiger partial charge in [0.05, 0.1) is 5.56 Å². The fourth-order valence-electron chi connectivity index (χ4n) is 0.997. The van der Waals surface area contributed by atoms with Gasteiger partial charge in [0, 0.05) is 18.1 Å². The van der Waals surface area contributed by atoms with Gasteiger partial charge in [-0.3, -0.25) is 0 Å². The molecule has 0 fully saturated rings. The lowest BCUT2D eigenvalue weighted by molar-refractivity contribution is -0.137. The highest BCUT2D eigenvalue weighted by Crippen LogP contribution is 2.30. The molecule has 5 heteroatoms. The van der Waals surface area contributed by atoms with E-state index in [2.05, 4.69) is 5.32 Å². The van der Waals surface area contributed by atoms with Crippen molar-refractivity contribution in [2.45, 2.75) is 6.18 Å². The van der Waals surface area contributed by atoms with Gasteiger partial charge in [0.25, 0.3) is 0 Å². The monoisotopic (exact) mass is 223 g/mol. The van der Waals surface area contributed by atoms with Gasteiger partial charge in [-0.1, -0.05) is 6.07 Å². The third-order valence-corrected chi connectivity index (χ3v) is 1.80. The Morgan fingerprint density at radius 2 is 2.00 bits per heavy atom. The van der Waals surface area contributed by atoms with E-state index in [0.717, 1.165) is 12.1 Å². The summed E-state index contributed by atoms with van der Waals surface area (Å²) in [6.07, 6.45) is -4.29. The predicted molar refractivity (Wildman–Crippen MR) is 50.7 cm³/mol. The van der Waals surface area contributed by atoms with Crippen molar-refractivity contribution in [2.75, 3.05) is 17.7 Å². The van der Waals surface area contributed by atoms with Crippen LogP contribution in [0, 0.1) is 0 Å². The van der Waals surface area contributed by atoms with E-state index in [1.54, 1.807) is 6.07 Å². The van der Waals surface area contributed by atoms with Gasteiger partial charge >= 0.3 is 6.18 Å². The molecule has 0 amide bonds. The van der Waals surface area contributed by atoms with Crippen molar-refractivity contribution in [2.24, 2.45) is 0 Å². The molecule has 0 aliphatic carbocycles. The first-order chi connectivity index (χ1) is 6.54. The number of hydrogen-bond donors (Lipinski definition) is 1. The SMILES string of the molecule is FC(F)(F)c1cccc(NCCCl)c1. The van der Waals surface area contributed by atoms with Gasteiger partial charge < -0.3 is 5.32 Å². The Hall–Kier alpha value is -0.900. The third-order valence-electron chi connectivity index (χ3n) is 1.61. The zero-order valence-corrected chi connectivity index (χ0v) is 7.99. The summed E-state index contributed by atoms with van der Waals surface area (Å²) in [7, 11) is 0. The van der Waals surface area contributed by atoms with Crippen LogP contribution >= 0.6 is 11.6 Å². The first-order valence-corrected chi connectivity index (χ1v) is 4.54. The van der Waals surface area contributed by atoms with Crippen LogP contribution in [0.15, 0.2) is 24.3 Å². The Morgan fingerprint density at radius 1 is 1.29 bits per heavy atom. The third kappa shape index (κ3) is 3.10. The van der Waals surface area contributed by atoms with Crippen LogP contribution in [0.5, 0.6) is 0 Å². The molecule has 0 saturated heterocycles. The quantitative estimate of drug-likeness (QED) is 0.775. The number of alkyl halides is 4. The summed E-state index contributed by atoms with van der Waals surface area (Å²) in [5.74, 6) is 0.357. The lowest BCUT2D eigenvalue weighted by Gasteiger charge is -2.09. The Labute approximate surface area is 84.9 Å². The molecule has 0 radical (unpaired) electrons. The number of rotatable bonds is 3. The van der Waals surface area contributed by atoms with E-state index in [4.69, 9.17) is 11.6 Å². The second-order valence-corrected chi connectivity index (χ2v) is 3.07. The van der Waals surface area contributed by atoms with Crippen molar-refractivity contribution < 1.29 is 13.2 Å².